The van der Waals surface area contributed by atoms with Crippen LogP contribution in [0, 0.1) is 17.4 Å². The molecular formula is C42H47IN10O4. The van der Waals surface area contributed by atoms with Crippen molar-refractivity contribution < 1.29 is 19.1 Å². The van der Waals surface area contributed by atoms with Gasteiger partial charge in [-0.2, -0.15) is 0 Å². The first-order chi connectivity index (χ1) is 26.9. The van der Waals surface area contributed by atoms with Crippen LogP contribution < -0.4 is 21.7 Å². The molecule has 0 atom stereocenters. The molecule has 15 heteroatoms. The van der Waals surface area contributed by atoms with Crippen molar-refractivity contribution in [3.05, 3.63) is 125 Å². The van der Waals surface area contributed by atoms with Gasteiger partial charge in [0.2, 0.25) is 0 Å². The van der Waals surface area contributed by atoms with Crippen LogP contribution >= 0.6 is 22.6 Å². The molecule has 0 bridgehead atoms. The van der Waals surface area contributed by atoms with Crippen LogP contribution in [0.4, 0.5) is 38.3 Å². The van der Waals surface area contributed by atoms with Crippen molar-refractivity contribution in [2.45, 2.75) is 66.6 Å². The summed E-state index contributed by atoms with van der Waals surface area (Å²) >= 11 is 2.25. The predicted octanol–water partition coefficient (Wildman–Crippen LogP) is 10.0. The lowest BCUT2D eigenvalue weighted by Gasteiger charge is -2.20. The van der Waals surface area contributed by atoms with E-state index in [1.807, 2.05) is 116 Å². The lowest BCUT2D eigenvalue weighted by Crippen LogP contribution is -2.27. The molecule has 0 aliphatic heterocycles. The average Bonchev–Trinajstić information content (AvgIpc) is 3.14. The molecule has 4 heterocycles. The van der Waals surface area contributed by atoms with Gasteiger partial charge in [-0.05, 0) is 162 Å². The molecule has 5 N–H and O–H groups in total. The van der Waals surface area contributed by atoms with Gasteiger partial charge in [-0.25, -0.2) is 29.5 Å². The number of nitrogens with two attached hydrogens (primary N) is 1. The number of nitrogen functional groups attached to an aromatic ring is 1. The maximum Gasteiger partial charge on any atom is 0.412 e. The molecule has 0 aliphatic rings. The Hall–Kier alpha value is -6.23. The van der Waals surface area contributed by atoms with E-state index in [4.69, 9.17) is 15.2 Å². The fourth-order valence-electron chi connectivity index (χ4n) is 4.65. The number of carbonyl (C=O) groups excluding carboxylic acids is 2. The summed E-state index contributed by atoms with van der Waals surface area (Å²) in [5.74, 6) is 2.34. The van der Waals surface area contributed by atoms with E-state index in [2.05, 4.69) is 68.4 Å². The van der Waals surface area contributed by atoms with Crippen LogP contribution in [0.15, 0.2) is 110 Å². The number of hydrogen-bond donors (Lipinski definition) is 4. The molecule has 6 aromatic rings. The molecule has 57 heavy (non-hydrogen) atoms. The van der Waals surface area contributed by atoms with E-state index < -0.39 is 23.4 Å². The normalized spacial score (nSPS) is 10.8. The van der Waals surface area contributed by atoms with Crippen molar-refractivity contribution in [2.24, 2.45) is 0 Å². The summed E-state index contributed by atoms with van der Waals surface area (Å²) in [5, 5.41) is 8.73. The van der Waals surface area contributed by atoms with Crippen molar-refractivity contribution in [2.75, 3.05) is 21.7 Å². The zero-order valence-corrected chi connectivity index (χ0v) is 35.3. The van der Waals surface area contributed by atoms with Gasteiger partial charge >= 0.3 is 12.2 Å². The largest absolute Gasteiger partial charge is 0.444 e. The van der Waals surface area contributed by atoms with Crippen LogP contribution in [0.3, 0.4) is 0 Å². The predicted molar refractivity (Wildman–Crippen MR) is 233 cm³/mol. The Kier molecular flexibility index (Phi) is 15.3. The first-order valence-electron chi connectivity index (χ1n) is 17.8. The van der Waals surface area contributed by atoms with Crippen molar-refractivity contribution in [1.29, 1.82) is 0 Å². The zero-order valence-electron chi connectivity index (χ0n) is 33.2. The van der Waals surface area contributed by atoms with Gasteiger partial charge in [-0.3, -0.25) is 20.6 Å². The van der Waals surface area contributed by atoms with Crippen molar-refractivity contribution in [1.82, 2.24) is 29.9 Å². The Balaban J connectivity index is 0.000000209. The van der Waals surface area contributed by atoms with Gasteiger partial charge in [0.1, 0.15) is 22.8 Å². The summed E-state index contributed by atoms with van der Waals surface area (Å²) in [6.45, 7) is 14.9. The molecule has 296 valence electrons. The van der Waals surface area contributed by atoms with Crippen LogP contribution in [0.1, 0.15) is 52.7 Å². The minimum Gasteiger partial charge on any atom is -0.444 e. The van der Waals surface area contributed by atoms with E-state index in [0.29, 0.717) is 29.0 Å². The van der Waals surface area contributed by atoms with E-state index in [-0.39, 0.29) is 0 Å². The van der Waals surface area contributed by atoms with Gasteiger partial charge < -0.3 is 20.5 Å². The minimum atomic E-state index is -0.542. The van der Waals surface area contributed by atoms with E-state index in [9.17, 15) is 9.59 Å². The highest BCUT2D eigenvalue weighted by atomic mass is 127. The molecule has 0 spiro atoms. The molecule has 0 saturated heterocycles. The number of benzene rings is 2. The number of nitrogens with one attached hydrogen (secondary N) is 3. The van der Waals surface area contributed by atoms with Gasteiger partial charge in [-0.15, -0.1) is 0 Å². The summed E-state index contributed by atoms with van der Waals surface area (Å²) in [6, 6.07) is 22.2. The van der Waals surface area contributed by atoms with Crippen LogP contribution in [0.2, 0.25) is 0 Å². The summed E-state index contributed by atoms with van der Waals surface area (Å²) in [5.41, 5.74) is 10.6. The molecule has 0 fully saturated rings. The standard InChI is InChI=1S/C21H23N5O2.C12H16INO2.C9H8N4/c1-14-12-16(24-20(27)28-21(2,3)4)7-8-17(14)25-18-9-11-23-19(26-18)15-6-5-10-22-13-15;1-8-7-9(5-6-10(8)13)14-11(15)16-12(2,3)4;10-8-3-5-12-9(13-8)7-2-1-4-11-6-7/h5-13H,1-4H3,(H,24,27)(H,23,25,26);5-7H,1-4H3,(H,14,15);1-6H,(H2,10,12,13). The van der Waals surface area contributed by atoms with Gasteiger partial charge in [0.05, 0.1) is 0 Å². The van der Waals surface area contributed by atoms with Gasteiger partial charge in [0.25, 0.3) is 0 Å². The number of halogens is 1. The number of rotatable bonds is 6. The van der Waals surface area contributed by atoms with E-state index in [0.717, 1.165) is 33.6 Å². The molecule has 0 radical (unpaired) electrons. The van der Waals surface area contributed by atoms with Crippen molar-refractivity contribution in [3.8, 4) is 22.8 Å². The average molecular weight is 883 g/mol. The summed E-state index contributed by atoms with van der Waals surface area (Å²) < 4.78 is 11.6. The number of amides is 2. The van der Waals surface area contributed by atoms with Gasteiger partial charge in [0.15, 0.2) is 11.6 Å². The second-order valence-corrected chi connectivity index (χ2v) is 15.6. The number of ether oxygens (including phenoxy) is 2. The van der Waals surface area contributed by atoms with Gasteiger partial charge in [-0.1, -0.05) is 0 Å². The minimum absolute atomic E-state index is 0.423. The second-order valence-electron chi connectivity index (χ2n) is 14.4. The van der Waals surface area contributed by atoms with E-state index in [1.165, 1.54) is 3.57 Å². The Bertz CT molecular complexity index is 2250. The first-order valence-corrected chi connectivity index (χ1v) is 18.9. The fraction of sp³-hybridized carbons (Fsp3) is 0.238. The number of nitrogens with zero attached hydrogens (tertiary/aromatic N) is 6. The monoisotopic (exact) mass is 882 g/mol. The number of pyridine rings is 2. The quantitative estimate of drug-likeness (QED) is 0.116. The summed E-state index contributed by atoms with van der Waals surface area (Å²) in [6.07, 6.45) is 9.27. The lowest BCUT2D eigenvalue weighted by atomic mass is 10.1. The fourth-order valence-corrected chi connectivity index (χ4v) is 4.99. The summed E-state index contributed by atoms with van der Waals surface area (Å²) in [4.78, 5) is 48.5. The molecule has 0 aliphatic carbocycles. The maximum atomic E-state index is 11.9. The third-order valence-electron chi connectivity index (χ3n) is 7.11. The van der Waals surface area contributed by atoms with Crippen LogP contribution in [-0.2, 0) is 9.47 Å². The molecule has 2 amide bonds. The van der Waals surface area contributed by atoms with E-state index >= 15 is 0 Å². The van der Waals surface area contributed by atoms with Gasteiger partial charge in [0, 0.05) is 68.9 Å². The van der Waals surface area contributed by atoms with Crippen molar-refractivity contribution in [3.63, 3.8) is 0 Å². The number of carbonyl (C=O) groups is 2. The highest BCUT2D eigenvalue weighted by Crippen LogP contribution is 2.25. The number of hydrogen-bond acceptors (Lipinski definition) is 12. The molecule has 0 saturated carbocycles. The molecular weight excluding hydrogens is 835 g/mol. The topological polar surface area (TPSA) is 192 Å². The van der Waals surface area contributed by atoms with Crippen molar-refractivity contribution >= 4 is 63.5 Å². The number of aromatic nitrogens is 6. The lowest BCUT2D eigenvalue weighted by molar-refractivity contribution is 0.0624. The Labute approximate surface area is 346 Å². The Morgan fingerprint density at radius 3 is 1.63 bits per heavy atom. The first kappa shape index (κ1) is 43.5. The van der Waals surface area contributed by atoms with Crippen LogP contribution in [-0.4, -0.2) is 53.3 Å². The maximum absolute atomic E-state index is 11.9. The zero-order chi connectivity index (χ0) is 41.6. The number of aryl methyl sites for hydroxylation is 2. The second kappa shape index (κ2) is 20.1. The third-order valence-corrected chi connectivity index (χ3v) is 8.32. The highest BCUT2D eigenvalue weighted by Gasteiger charge is 2.17. The molecule has 2 aromatic carbocycles. The smallest absolute Gasteiger partial charge is 0.412 e. The highest BCUT2D eigenvalue weighted by molar-refractivity contribution is 14.1. The molecule has 14 nitrogen and oxygen atoms in total. The Morgan fingerprint density at radius 1 is 0.649 bits per heavy atom. The van der Waals surface area contributed by atoms with Crippen LogP contribution in [0.5, 0.6) is 0 Å². The summed E-state index contributed by atoms with van der Waals surface area (Å²) in [7, 11) is 0. The Morgan fingerprint density at radius 2 is 1.16 bits per heavy atom. The van der Waals surface area contributed by atoms with Crippen LogP contribution in [0.25, 0.3) is 22.8 Å². The number of anilines is 5. The molecule has 6 rings (SSSR count). The molecule has 4 aromatic heterocycles. The SMILES string of the molecule is Cc1cc(NC(=O)OC(C)(C)C)ccc1I.Cc1cc(NC(=O)OC(C)(C)C)ccc1Nc1ccnc(-c2cccnc2)n1.Nc1ccnc(-c2cccnc2)n1. The molecule has 0 unspecified atom stereocenters. The van der Waals surface area contributed by atoms with E-state index in [1.54, 1.807) is 49.3 Å². The third kappa shape index (κ3) is 15.4.